The number of ether oxygens (including phenoxy) is 1. The molecule has 0 amide bonds. The summed E-state index contributed by atoms with van der Waals surface area (Å²) in [7, 11) is 0. The molecule has 1 aromatic heterocycles. The Kier molecular flexibility index (Phi) is 9.17. The van der Waals surface area contributed by atoms with Gasteiger partial charge >= 0.3 is 5.97 Å². The third-order valence-corrected chi connectivity index (χ3v) is 7.74. The van der Waals surface area contributed by atoms with Crippen molar-refractivity contribution in [3.8, 4) is 5.75 Å². The van der Waals surface area contributed by atoms with Gasteiger partial charge in [0.25, 0.3) is 0 Å². The van der Waals surface area contributed by atoms with E-state index in [0.29, 0.717) is 31.1 Å². The number of aromatic carboxylic acids is 1. The molecule has 0 spiro atoms. The molecule has 0 atom stereocenters. The number of anilines is 2. The minimum Gasteiger partial charge on any atom is -0.494 e. The van der Waals surface area contributed by atoms with Crippen LogP contribution in [-0.2, 0) is 18.5 Å². The number of hydrogen-bond acceptors (Lipinski definition) is 3. The highest BCUT2D eigenvalue weighted by atomic mass is 35.5. The predicted octanol–water partition coefficient (Wildman–Crippen LogP) is 9.21. The standard InChI is InChI=1S/C33H36Cl2N2O3/c1-22-16-29(17-23(2)31(22)35)40-15-7-14-36-21-28(19-30(36)32(38)39)37(20-24-8-6-9-26(34)18-24)27-12-10-25(11-13-27)33(3,4)5/h6,8-13,16-19,21H,7,14-15,20H2,1-5H3,(H,38,39). The molecule has 0 aliphatic rings. The van der Waals surface area contributed by atoms with Crippen LogP contribution in [0.2, 0.25) is 10.0 Å². The van der Waals surface area contributed by atoms with E-state index in [1.165, 1.54) is 5.56 Å². The predicted molar refractivity (Wildman–Crippen MR) is 165 cm³/mol. The molecule has 4 aromatic rings. The monoisotopic (exact) mass is 578 g/mol. The largest absolute Gasteiger partial charge is 0.494 e. The van der Waals surface area contributed by atoms with Gasteiger partial charge < -0.3 is 19.3 Å². The normalized spacial score (nSPS) is 11.5. The minimum atomic E-state index is -0.970. The molecule has 7 heteroatoms. The Hall–Kier alpha value is -3.41. The number of carboxylic acids is 1. The molecule has 0 saturated heterocycles. The molecular formula is C33H36Cl2N2O3. The van der Waals surface area contributed by atoms with Gasteiger partial charge in [0.15, 0.2) is 0 Å². The lowest BCUT2D eigenvalue weighted by Gasteiger charge is -2.26. The van der Waals surface area contributed by atoms with Crippen LogP contribution in [0.3, 0.4) is 0 Å². The second-order valence-corrected chi connectivity index (χ2v) is 12.0. The number of aromatic nitrogens is 1. The van der Waals surface area contributed by atoms with Crippen LogP contribution in [0.1, 0.15) is 59.9 Å². The van der Waals surface area contributed by atoms with Crippen LogP contribution >= 0.6 is 23.2 Å². The first-order valence-electron chi connectivity index (χ1n) is 13.4. The molecule has 4 rings (SSSR count). The summed E-state index contributed by atoms with van der Waals surface area (Å²) < 4.78 is 7.74. The Labute approximate surface area is 246 Å². The van der Waals surface area contributed by atoms with Crippen molar-refractivity contribution in [3.63, 3.8) is 0 Å². The lowest BCUT2D eigenvalue weighted by atomic mass is 9.87. The summed E-state index contributed by atoms with van der Waals surface area (Å²) in [5, 5.41) is 11.4. The number of carbonyl (C=O) groups is 1. The molecule has 0 saturated carbocycles. The molecule has 0 aliphatic heterocycles. The lowest BCUT2D eigenvalue weighted by Crippen LogP contribution is -2.17. The number of hydrogen-bond donors (Lipinski definition) is 1. The second kappa shape index (κ2) is 12.4. The van der Waals surface area contributed by atoms with Gasteiger partial charge in [-0.1, -0.05) is 68.2 Å². The topological polar surface area (TPSA) is 54.7 Å². The van der Waals surface area contributed by atoms with Crippen LogP contribution in [-0.4, -0.2) is 22.2 Å². The van der Waals surface area contributed by atoms with Crippen LogP contribution in [0.4, 0.5) is 11.4 Å². The highest BCUT2D eigenvalue weighted by molar-refractivity contribution is 6.32. The average Bonchev–Trinajstić information content (AvgIpc) is 3.32. The van der Waals surface area contributed by atoms with Gasteiger partial charge in [-0.15, -0.1) is 0 Å². The summed E-state index contributed by atoms with van der Waals surface area (Å²) >= 11 is 12.6. The highest BCUT2D eigenvalue weighted by Gasteiger charge is 2.20. The van der Waals surface area contributed by atoms with Gasteiger partial charge in [0.2, 0.25) is 0 Å². The molecule has 0 aliphatic carbocycles. The molecule has 210 valence electrons. The van der Waals surface area contributed by atoms with Gasteiger partial charge in [-0.25, -0.2) is 4.79 Å². The van der Waals surface area contributed by atoms with Gasteiger partial charge in [0.05, 0.1) is 12.3 Å². The molecule has 40 heavy (non-hydrogen) atoms. The Morgan fingerprint density at radius 1 is 0.950 bits per heavy atom. The molecule has 0 unspecified atom stereocenters. The summed E-state index contributed by atoms with van der Waals surface area (Å²) in [6.07, 6.45) is 2.55. The van der Waals surface area contributed by atoms with E-state index in [1.807, 2.05) is 56.4 Å². The summed E-state index contributed by atoms with van der Waals surface area (Å²) in [5.41, 5.74) is 6.22. The molecule has 0 fully saturated rings. The van der Waals surface area contributed by atoms with E-state index in [2.05, 4.69) is 49.9 Å². The van der Waals surface area contributed by atoms with Crippen molar-refractivity contribution in [2.24, 2.45) is 0 Å². The van der Waals surface area contributed by atoms with Gasteiger partial charge in [-0.05, 0) is 90.4 Å². The van der Waals surface area contributed by atoms with Crippen LogP contribution < -0.4 is 9.64 Å². The fourth-order valence-corrected chi connectivity index (χ4v) is 5.03. The SMILES string of the molecule is Cc1cc(OCCCn2cc(N(Cc3cccc(Cl)c3)c3ccc(C(C)(C)C)cc3)cc2C(=O)O)cc(C)c1Cl. The summed E-state index contributed by atoms with van der Waals surface area (Å²) in [4.78, 5) is 14.3. The molecule has 1 heterocycles. The summed E-state index contributed by atoms with van der Waals surface area (Å²) in [6.45, 7) is 12.0. The number of halogens is 2. The van der Waals surface area contributed by atoms with Gasteiger partial charge in [-0.3, -0.25) is 0 Å². The van der Waals surface area contributed by atoms with Crippen molar-refractivity contribution >= 4 is 40.5 Å². The zero-order valence-electron chi connectivity index (χ0n) is 23.7. The maximum Gasteiger partial charge on any atom is 0.352 e. The summed E-state index contributed by atoms with van der Waals surface area (Å²) in [6, 6.07) is 21.8. The first kappa shape index (κ1) is 29.6. The maximum absolute atomic E-state index is 12.2. The molecule has 5 nitrogen and oxygen atoms in total. The van der Waals surface area contributed by atoms with E-state index in [4.69, 9.17) is 27.9 Å². The first-order chi connectivity index (χ1) is 18.9. The fourth-order valence-electron chi connectivity index (χ4n) is 4.71. The third-order valence-electron chi connectivity index (χ3n) is 6.91. The Morgan fingerprint density at radius 2 is 1.62 bits per heavy atom. The van der Waals surface area contributed by atoms with Crippen molar-refractivity contribution in [3.05, 3.63) is 111 Å². The van der Waals surface area contributed by atoms with E-state index in [9.17, 15) is 9.90 Å². The number of aryl methyl sites for hydroxylation is 3. The minimum absolute atomic E-state index is 0.0294. The van der Waals surface area contributed by atoms with E-state index >= 15 is 0 Å². The van der Waals surface area contributed by atoms with Crippen molar-refractivity contribution in [2.45, 2.75) is 59.5 Å². The molecule has 3 aromatic carbocycles. The number of carboxylic acid groups (broad SMARTS) is 1. The fraction of sp³-hybridized carbons (Fsp3) is 0.303. The van der Waals surface area contributed by atoms with Crippen LogP contribution in [0.5, 0.6) is 5.75 Å². The zero-order chi connectivity index (χ0) is 29.0. The van der Waals surface area contributed by atoms with Crippen LogP contribution in [0.25, 0.3) is 0 Å². The number of rotatable bonds is 10. The Morgan fingerprint density at radius 3 is 2.23 bits per heavy atom. The van der Waals surface area contributed by atoms with Gasteiger partial charge in [0, 0.05) is 35.0 Å². The summed E-state index contributed by atoms with van der Waals surface area (Å²) in [5.74, 6) is -0.209. The Balaban J connectivity index is 1.58. The quantitative estimate of drug-likeness (QED) is 0.190. The lowest BCUT2D eigenvalue weighted by molar-refractivity contribution is 0.0684. The smallest absolute Gasteiger partial charge is 0.352 e. The zero-order valence-corrected chi connectivity index (χ0v) is 25.2. The number of nitrogens with zero attached hydrogens (tertiary/aromatic N) is 2. The highest BCUT2D eigenvalue weighted by Crippen LogP contribution is 2.33. The third kappa shape index (κ3) is 7.21. The number of benzene rings is 3. The molecular weight excluding hydrogens is 543 g/mol. The Bertz CT molecular complexity index is 1460. The maximum atomic E-state index is 12.2. The average molecular weight is 580 g/mol. The molecule has 1 N–H and O–H groups in total. The van der Waals surface area contributed by atoms with Crippen LogP contribution in [0.15, 0.2) is 72.9 Å². The van der Waals surface area contributed by atoms with Gasteiger partial charge in [-0.2, -0.15) is 0 Å². The van der Waals surface area contributed by atoms with Crippen molar-refractivity contribution in [1.29, 1.82) is 0 Å². The van der Waals surface area contributed by atoms with E-state index < -0.39 is 5.97 Å². The van der Waals surface area contributed by atoms with Gasteiger partial charge in [0.1, 0.15) is 11.4 Å². The van der Waals surface area contributed by atoms with E-state index in [-0.39, 0.29) is 11.1 Å². The van der Waals surface area contributed by atoms with E-state index in [0.717, 1.165) is 38.8 Å². The first-order valence-corrected chi connectivity index (χ1v) is 14.1. The molecule has 0 bridgehead atoms. The molecule has 0 radical (unpaired) electrons. The van der Waals surface area contributed by atoms with Crippen LogP contribution in [0, 0.1) is 13.8 Å². The van der Waals surface area contributed by atoms with Crippen molar-refractivity contribution in [1.82, 2.24) is 4.57 Å². The van der Waals surface area contributed by atoms with Crippen molar-refractivity contribution < 1.29 is 14.6 Å². The van der Waals surface area contributed by atoms with E-state index in [1.54, 1.807) is 10.6 Å². The van der Waals surface area contributed by atoms with Crippen molar-refractivity contribution in [2.75, 3.05) is 11.5 Å². The second-order valence-electron chi connectivity index (χ2n) is 11.2.